The third kappa shape index (κ3) is 3.64. The predicted octanol–water partition coefficient (Wildman–Crippen LogP) is 4.20. The minimum atomic E-state index is -1.13. The second-order valence-electron chi connectivity index (χ2n) is 5.96. The molecule has 3 rings (SSSR count). The van der Waals surface area contributed by atoms with E-state index in [4.69, 9.17) is 39.5 Å². The van der Waals surface area contributed by atoms with Gasteiger partial charge in [-0.15, -0.1) is 0 Å². The summed E-state index contributed by atoms with van der Waals surface area (Å²) in [6.07, 6.45) is 1.34. The predicted molar refractivity (Wildman–Crippen MR) is 96.2 cm³/mol. The van der Waals surface area contributed by atoms with Crippen molar-refractivity contribution >= 4 is 51.8 Å². The van der Waals surface area contributed by atoms with Crippen LogP contribution in [0.4, 0.5) is 4.79 Å². The number of piperidine rings is 1. The molecular weight excluding hydrogens is 373 g/mol. The van der Waals surface area contributed by atoms with Crippen molar-refractivity contribution in [1.82, 2.24) is 14.7 Å². The summed E-state index contributed by atoms with van der Waals surface area (Å²) in [5, 5.41) is 5.49. The molecule has 2 aromatic rings. The van der Waals surface area contributed by atoms with E-state index in [1.165, 1.54) is 4.68 Å². The summed E-state index contributed by atoms with van der Waals surface area (Å²) in [6, 6.07) is 7.61. The molecule has 1 aromatic heterocycles. The van der Waals surface area contributed by atoms with Crippen molar-refractivity contribution in [3.05, 3.63) is 30.0 Å². The molecule has 1 atom stereocenters. The second-order valence-corrected chi connectivity index (χ2v) is 7.56. The maximum Gasteiger partial charge on any atom is 0.436 e. The molecule has 0 spiro atoms. The van der Waals surface area contributed by atoms with Gasteiger partial charge in [-0.2, -0.15) is 9.78 Å². The molecule has 0 amide bonds. The van der Waals surface area contributed by atoms with Gasteiger partial charge in [0.15, 0.2) is 4.84 Å². The molecule has 24 heavy (non-hydrogen) atoms. The van der Waals surface area contributed by atoms with Gasteiger partial charge in [0.25, 0.3) is 0 Å². The van der Waals surface area contributed by atoms with E-state index in [0.717, 1.165) is 37.0 Å². The minimum Gasteiger partial charge on any atom is -0.425 e. The maximum atomic E-state index is 12.4. The Hall–Kier alpha value is -1.01. The number of carbonyl (C=O) groups is 1. The third-order valence-electron chi connectivity index (χ3n) is 4.31. The molecule has 0 bridgehead atoms. The first-order valence-corrected chi connectivity index (χ1v) is 9.07. The van der Waals surface area contributed by atoms with Crippen LogP contribution < -0.4 is 0 Å². The molecule has 0 radical (unpaired) electrons. The summed E-state index contributed by atoms with van der Waals surface area (Å²) in [5.74, 6) is 0.320. The van der Waals surface area contributed by atoms with Crippen LogP contribution in [0, 0.1) is 0 Å². The Kier molecular flexibility index (Phi) is 5.55. The number of rotatable bonds is 3. The van der Waals surface area contributed by atoms with Gasteiger partial charge in [-0.3, -0.25) is 0 Å². The van der Waals surface area contributed by atoms with E-state index in [-0.39, 0.29) is 0 Å². The highest BCUT2D eigenvalue weighted by Gasteiger charge is 2.27. The SMILES string of the molecule is CN1CCC(c2nn(C(=O)OC(Cl)C(Cl)Cl)c3ccccc23)CC1. The van der Waals surface area contributed by atoms with E-state index < -0.39 is 16.5 Å². The smallest absolute Gasteiger partial charge is 0.425 e. The van der Waals surface area contributed by atoms with Gasteiger partial charge in [0.05, 0.1) is 11.2 Å². The zero-order valence-corrected chi connectivity index (χ0v) is 15.4. The van der Waals surface area contributed by atoms with Crippen LogP contribution in [0.2, 0.25) is 0 Å². The average molecular weight is 391 g/mol. The zero-order chi connectivity index (χ0) is 17.3. The highest BCUT2D eigenvalue weighted by atomic mass is 35.5. The number of benzene rings is 1. The number of alkyl halides is 3. The number of likely N-dealkylation sites (tertiary alicyclic amines) is 1. The third-order valence-corrected chi connectivity index (χ3v) is 5.36. The van der Waals surface area contributed by atoms with Crippen molar-refractivity contribution in [2.45, 2.75) is 29.2 Å². The molecule has 5 nitrogen and oxygen atoms in total. The Labute approximate surface area is 155 Å². The van der Waals surface area contributed by atoms with Gasteiger partial charge in [-0.25, -0.2) is 4.79 Å². The number of ether oxygens (including phenoxy) is 1. The monoisotopic (exact) mass is 389 g/mol. The lowest BCUT2D eigenvalue weighted by Gasteiger charge is -2.28. The van der Waals surface area contributed by atoms with Crippen molar-refractivity contribution in [2.75, 3.05) is 20.1 Å². The lowest BCUT2D eigenvalue weighted by atomic mass is 9.92. The summed E-state index contributed by atoms with van der Waals surface area (Å²) in [6.45, 7) is 2.03. The minimum absolute atomic E-state index is 0.320. The molecule has 130 valence electrons. The van der Waals surface area contributed by atoms with Crippen molar-refractivity contribution < 1.29 is 9.53 Å². The van der Waals surface area contributed by atoms with Crippen LogP contribution in [0.25, 0.3) is 10.9 Å². The molecule has 1 fully saturated rings. The first-order chi connectivity index (χ1) is 11.5. The van der Waals surface area contributed by atoms with E-state index in [2.05, 4.69) is 17.0 Å². The lowest BCUT2D eigenvalue weighted by Crippen LogP contribution is -2.29. The molecular formula is C16H18Cl3N3O2. The maximum absolute atomic E-state index is 12.4. The Bertz CT molecular complexity index is 726. The summed E-state index contributed by atoms with van der Waals surface area (Å²) >= 11 is 17.1. The number of hydrogen-bond acceptors (Lipinski definition) is 4. The van der Waals surface area contributed by atoms with Gasteiger partial charge < -0.3 is 9.64 Å². The van der Waals surface area contributed by atoms with Crippen molar-refractivity contribution in [2.24, 2.45) is 0 Å². The van der Waals surface area contributed by atoms with Gasteiger partial charge in [-0.1, -0.05) is 53.0 Å². The van der Waals surface area contributed by atoms with Crippen LogP contribution in [0.5, 0.6) is 0 Å². The fourth-order valence-electron chi connectivity index (χ4n) is 3.01. The van der Waals surface area contributed by atoms with E-state index in [0.29, 0.717) is 11.4 Å². The van der Waals surface area contributed by atoms with E-state index in [1.54, 1.807) is 0 Å². The van der Waals surface area contributed by atoms with E-state index in [9.17, 15) is 4.79 Å². The van der Waals surface area contributed by atoms with Gasteiger partial charge >= 0.3 is 6.09 Å². The fourth-order valence-corrected chi connectivity index (χ4v) is 3.19. The highest BCUT2D eigenvalue weighted by Crippen LogP contribution is 2.32. The van der Waals surface area contributed by atoms with Crippen LogP contribution >= 0.6 is 34.8 Å². The number of hydrogen-bond donors (Lipinski definition) is 0. The quantitative estimate of drug-likeness (QED) is 0.737. The number of para-hydroxylation sites is 1. The summed E-state index contributed by atoms with van der Waals surface area (Å²) in [5.41, 5.74) is 0.492. The number of aromatic nitrogens is 2. The normalized spacial score (nSPS) is 18.2. The Morgan fingerprint density at radius 1 is 1.25 bits per heavy atom. The number of halogens is 3. The van der Waals surface area contributed by atoms with Crippen molar-refractivity contribution in [3.8, 4) is 0 Å². The van der Waals surface area contributed by atoms with Crippen LogP contribution in [0.1, 0.15) is 24.5 Å². The largest absolute Gasteiger partial charge is 0.436 e. The standard InChI is InChI=1S/C16H18Cl3N3O2/c1-21-8-6-10(7-9-21)13-11-4-2-3-5-12(11)22(20-13)16(23)24-15(19)14(17)18/h2-5,10,14-15H,6-9H2,1H3. The van der Waals surface area contributed by atoms with Gasteiger partial charge in [0.1, 0.15) is 0 Å². The molecule has 1 aromatic carbocycles. The fraction of sp³-hybridized carbons (Fsp3) is 0.500. The molecule has 0 N–H and O–H groups in total. The molecule has 1 saturated heterocycles. The summed E-state index contributed by atoms with van der Waals surface area (Å²) < 4.78 is 6.32. The summed E-state index contributed by atoms with van der Waals surface area (Å²) in [7, 11) is 2.11. The number of nitrogens with zero attached hydrogens (tertiary/aromatic N) is 3. The molecule has 1 aliphatic rings. The first-order valence-electron chi connectivity index (χ1n) is 7.76. The van der Waals surface area contributed by atoms with Crippen molar-refractivity contribution in [3.63, 3.8) is 0 Å². The van der Waals surface area contributed by atoms with E-state index in [1.807, 2.05) is 24.3 Å². The first kappa shape index (κ1) is 17.8. The molecule has 2 heterocycles. The number of fused-ring (bicyclic) bond motifs is 1. The van der Waals surface area contributed by atoms with Crippen LogP contribution in [0.15, 0.2) is 24.3 Å². The molecule has 0 aliphatic carbocycles. The van der Waals surface area contributed by atoms with Crippen LogP contribution in [-0.2, 0) is 4.74 Å². The van der Waals surface area contributed by atoms with Gasteiger partial charge in [-0.05, 0) is 39.0 Å². The zero-order valence-electron chi connectivity index (χ0n) is 13.2. The topological polar surface area (TPSA) is 47.4 Å². The average Bonchev–Trinajstić information content (AvgIpc) is 2.95. The summed E-state index contributed by atoms with van der Waals surface area (Å²) in [4.78, 5) is 13.7. The van der Waals surface area contributed by atoms with Crippen LogP contribution in [-0.4, -0.2) is 51.3 Å². The van der Waals surface area contributed by atoms with Crippen LogP contribution in [0.3, 0.4) is 0 Å². The van der Waals surface area contributed by atoms with Crippen molar-refractivity contribution in [1.29, 1.82) is 0 Å². The Balaban J connectivity index is 1.93. The Morgan fingerprint density at radius 3 is 2.58 bits per heavy atom. The van der Waals surface area contributed by atoms with E-state index >= 15 is 0 Å². The Morgan fingerprint density at radius 2 is 1.92 bits per heavy atom. The molecule has 1 unspecified atom stereocenters. The highest BCUT2D eigenvalue weighted by molar-refractivity contribution is 6.48. The molecule has 1 aliphatic heterocycles. The van der Waals surface area contributed by atoms with Gasteiger partial charge in [0.2, 0.25) is 5.56 Å². The molecule has 8 heteroatoms. The molecule has 0 saturated carbocycles. The van der Waals surface area contributed by atoms with Gasteiger partial charge in [0, 0.05) is 11.3 Å². The second kappa shape index (κ2) is 7.48. The number of carbonyl (C=O) groups excluding carboxylic acids is 1. The lowest BCUT2D eigenvalue weighted by molar-refractivity contribution is 0.136.